The van der Waals surface area contributed by atoms with Crippen molar-refractivity contribution in [2.75, 3.05) is 19.0 Å². The van der Waals surface area contributed by atoms with Crippen molar-refractivity contribution in [1.82, 2.24) is 10.2 Å². The first-order chi connectivity index (χ1) is 16.9. The fourth-order valence-electron chi connectivity index (χ4n) is 3.57. The van der Waals surface area contributed by atoms with E-state index in [0.717, 1.165) is 11.1 Å². The van der Waals surface area contributed by atoms with Gasteiger partial charge in [-0.15, -0.1) is 0 Å². The smallest absolute Gasteiger partial charge is 0.408 e. The molecule has 2 N–H and O–H groups in total. The predicted molar refractivity (Wildman–Crippen MR) is 136 cm³/mol. The van der Waals surface area contributed by atoms with Crippen molar-refractivity contribution >= 4 is 23.6 Å². The number of anilines is 1. The summed E-state index contributed by atoms with van der Waals surface area (Å²) in [6.45, 7) is 10.0. The Morgan fingerprint density at radius 1 is 1.08 bits per heavy atom. The van der Waals surface area contributed by atoms with Crippen LogP contribution in [0.5, 0.6) is 5.75 Å². The average molecular weight is 495 g/mol. The average Bonchev–Trinajstić information content (AvgIpc) is 2.80. The molecule has 9 heteroatoms. The number of methoxy groups -OCH3 is 1. The number of amides is 3. The minimum Gasteiger partial charge on any atom is -0.497 e. The van der Waals surface area contributed by atoms with E-state index in [4.69, 9.17) is 9.47 Å². The molecule has 0 radical (unpaired) electrons. The highest BCUT2D eigenvalue weighted by Crippen LogP contribution is 2.28. The van der Waals surface area contributed by atoms with E-state index in [1.807, 2.05) is 26.0 Å². The Morgan fingerprint density at radius 2 is 1.72 bits per heavy atom. The molecule has 0 aromatic heterocycles. The van der Waals surface area contributed by atoms with Crippen LogP contribution in [0.15, 0.2) is 42.5 Å². The number of ether oxygens (including phenoxy) is 2. The molecule has 0 fully saturated rings. The first kappa shape index (κ1) is 28.2. The van der Waals surface area contributed by atoms with Gasteiger partial charge in [-0.2, -0.15) is 5.26 Å². The van der Waals surface area contributed by atoms with Crippen LogP contribution >= 0.6 is 0 Å². The Bertz CT molecular complexity index is 1130. The summed E-state index contributed by atoms with van der Waals surface area (Å²) in [7, 11) is 1.54. The normalized spacial score (nSPS) is 12.5. The maximum atomic E-state index is 13.6. The maximum Gasteiger partial charge on any atom is 0.408 e. The molecule has 2 rings (SSSR count). The molecule has 36 heavy (non-hydrogen) atoms. The highest BCUT2D eigenvalue weighted by Gasteiger charge is 2.35. The second-order valence-corrected chi connectivity index (χ2v) is 9.40. The molecule has 2 unspecified atom stereocenters. The number of hydrogen-bond donors (Lipinski definition) is 2. The summed E-state index contributed by atoms with van der Waals surface area (Å²) in [5, 5.41) is 14.9. The van der Waals surface area contributed by atoms with Crippen LogP contribution in [-0.2, 0) is 14.3 Å². The van der Waals surface area contributed by atoms with Crippen molar-refractivity contribution in [2.45, 2.75) is 59.2 Å². The first-order valence-electron chi connectivity index (χ1n) is 11.6. The second-order valence-electron chi connectivity index (χ2n) is 9.40. The molecular weight excluding hydrogens is 460 g/mol. The molecule has 192 valence electrons. The third kappa shape index (κ3) is 7.47. The lowest BCUT2D eigenvalue weighted by atomic mass is 9.95. The number of nitrogens with one attached hydrogen (secondary N) is 2. The van der Waals surface area contributed by atoms with E-state index in [9.17, 15) is 19.6 Å². The molecule has 3 amide bonds. The van der Waals surface area contributed by atoms with E-state index in [0.29, 0.717) is 17.0 Å². The lowest BCUT2D eigenvalue weighted by molar-refractivity contribution is -0.139. The molecule has 0 saturated heterocycles. The Hall–Kier alpha value is -4.06. The number of carbonyl (C=O) groups excluding carboxylic acids is 3. The summed E-state index contributed by atoms with van der Waals surface area (Å²) in [6.07, 6.45) is -0.772. The van der Waals surface area contributed by atoms with E-state index in [1.54, 1.807) is 64.3 Å². The van der Waals surface area contributed by atoms with Gasteiger partial charge >= 0.3 is 6.09 Å². The van der Waals surface area contributed by atoms with Gasteiger partial charge in [0.15, 0.2) is 0 Å². The third-order valence-corrected chi connectivity index (χ3v) is 5.49. The van der Waals surface area contributed by atoms with Gasteiger partial charge in [-0.1, -0.05) is 18.2 Å². The van der Waals surface area contributed by atoms with Gasteiger partial charge in [-0.05, 0) is 82.5 Å². The number of aryl methyl sites for hydroxylation is 1. The van der Waals surface area contributed by atoms with Gasteiger partial charge in [0.2, 0.25) is 5.91 Å². The number of hydrogen-bond acceptors (Lipinski definition) is 6. The van der Waals surface area contributed by atoms with Crippen LogP contribution in [0.2, 0.25) is 0 Å². The Labute approximate surface area is 212 Å². The monoisotopic (exact) mass is 494 g/mol. The molecule has 0 aliphatic carbocycles. The van der Waals surface area contributed by atoms with Gasteiger partial charge in [0.1, 0.15) is 30.0 Å². The minimum absolute atomic E-state index is 0.368. The summed E-state index contributed by atoms with van der Waals surface area (Å²) in [5.74, 6) is -0.470. The Morgan fingerprint density at radius 3 is 2.28 bits per heavy atom. The Kier molecular flexibility index (Phi) is 9.45. The van der Waals surface area contributed by atoms with E-state index < -0.39 is 35.6 Å². The zero-order valence-electron chi connectivity index (χ0n) is 21.8. The zero-order valence-corrected chi connectivity index (χ0v) is 21.8. The summed E-state index contributed by atoms with van der Waals surface area (Å²) in [5.41, 5.74) is 2.07. The molecule has 2 aromatic carbocycles. The molecule has 2 aromatic rings. The van der Waals surface area contributed by atoms with E-state index >= 15 is 0 Å². The van der Waals surface area contributed by atoms with Crippen molar-refractivity contribution in [3.63, 3.8) is 0 Å². The van der Waals surface area contributed by atoms with Crippen LogP contribution in [-0.4, -0.2) is 48.1 Å². The van der Waals surface area contributed by atoms with Crippen molar-refractivity contribution < 1.29 is 23.9 Å². The molecule has 0 aliphatic rings. The highest BCUT2D eigenvalue weighted by molar-refractivity contribution is 5.99. The number of nitriles is 1. The lowest BCUT2D eigenvalue weighted by Gasteiger charge is -2.33. The predicted octanol–water partition coefficient (Wildman–Crippen LogP) is 4.26. The number of alkyl carbamates (subject to hydrolysis) is 1. The van der Waals surface area contributed by atoms with Gasteiger partial charge in [-0.25, -0.2) is 4.79 Å². The molecule has 2 atom stereocenters. The maximum absolute atomic E-state index is 13.6. The van der Waals surface area contributed by atoms with Crippen LogP contribution in [0.4, 0.5) is 10.5 Å². The van der Waals surface area contributed by atoms with Crippen molar-refractivity contribution in [3.05, 3.63) is 59.2 Å². The van der Waals surface area contributed by atoms with Gasteiger partial charge in [0, 0.05) is 5.69 Å². The van der Waals surface area contributed by atoms with Crippen LogP contribution < -0.4 is 15.4 Å². The third-order valence-electron chi connectivity index (χ3n) is 5.49. The standard InChI is InChI=1S/C27H34N4O5/c1-17-9-8-10-22(18(17)2)23(24(32)30-20-11-13-21(35-7)14-12-20)31(16-15-28)25(33)19(3)29-26(34)36-27(4,5)6/h8-14,19,23H,16H2,1-7H3,(H,29,34)(H,30,32). The van der Waals surface area contributed by atoms with Crippen molar-refractivity contribution in [3.8, 4) is 11.8 Å². The molecule has 0 spiro atoms. The van der Waals surface area contributed by atoms with Crippen molar-refractivity contribution in [1.29, 1.82) is 5.26 Å². The summed E-state index contributed by atoms with van der Waals surface area (Å²) >= 11 is 0. The highest BCUT2D eigenvalue weighted by atomic mass is 16.6. The zero-order chi connectivity index (χ0) is 27.0. The molecule has 0 saturated carbocycles. The van der Waals surface area contributed by atoms with Crippen LogP contribution in [0.3, 0.4) is 0 Å². The summed E-state index contributed by atoms with van der Waals surface area (Å²) < 4.78 is 10.4. The lowest BCUT2D eigenvalue weighted by Crippen LogP contribution is -2.51. The van der Waals surface area contributed by atoms with Gasteiger partial charge in [0.05, 0.1) is 13.2 Å². The summed E-state index contributed by atoms with van der Waals surface area (Å²) in [6, 6.07) is 12.0. The van der Waals surface area contributed by atoms with Crippen LogP contribution in [0.25, 0.3) is 0 Å². The van der Waals surface area contributed by atoms with E-state index in [-0.39, 0.29) is 6.54 Å². The van der Waals surface area contributed by atoms with E-state index in [1.165, 1.54) is 11.8 Å². The molecule has 0 bridgehead atoms. The first-order valence-corrected chi connectivity index (χ1v) is 11.6. The molecular formula is C27H34N4O5. The van der Waals surface area contributed by atoms with Crippen molar-refractivity contribution in [2.24, 2.45) is 0 Å². The SMILES string of the molecule is COc1ccc(NC(=O)C(c2cccc(C)c2C)N(CC#N)C(=O)C(C)NC(=O)OC(C)(C)C)cc1. The largest absolute Gasteiger partial charge is 0.497 e. The van der Waals surface area contributed by atoms with Gasteiger partial charge < -0.3 is 25.0 Å². The second kappa shape index (κ2) is 12.1. The topological polar surface area (TPSA) is 121 Å². The molecule has 0 heterocycles. The number of nitrogens with zero attached hydrogens (tertiary/aromatic N) is 2. The quantitative estimate of drug-likeness (QED) is 0.529. The van der Waals surface area contributed by atoms with E-state index in [2.05, 4.69) is 10.6 Å². The van der Waals surface area contributed by atoms with Gasteiger partial charge in [0.25, 0.3) is 5.91 Å². The molecule has 0 aliphatic heterocycles. The molecule has 9 nitrogen and oxygen atoms in total. The number of rotatable bonds is 8. The number of carbonyl (C=O) groups is 3. The fraction of sp³-hybridized carbons (Fsp3) is 0.407. The Balaban J connectivity index is 2.45. The fourth-order valence-corrected chi connectivity index (χ4v) is 3.57. The minimum atomic E-state index is -1.12. The summed E-state index contributed by atoms with van der Waals surface area (Å²) in [4.78, 5) is 40.6. The number of benzene rings is 2. The van der Waals surface area contributed by atoms with Gasteiger partial charge in [-0.3, -0.25) is 9.59 Å². The van der Waals surface area contributed by atoms with Crippen LogP contribution in [0.1, 0.15) is 50.4 Å². The van der Waals surface area contributed by atoms with Crippen LogP contribution in [0, 0.1) is 25.2 Å².